The molecule has 1 aliphatic heterocycles. The van der Waals surface area contributed by atoms with E-state index in [1.54, 1.807) is 37.1 Å². The Morgan fingerprint density at radius 3 is 2.58 bits per heavy atom. The monoisotopic (exact) mass is 473 g/mol. The third kappa shape index (κ3) is 5.29. The largest absolute Gasteiger partial charge is 0.493 e. The van der Waals surface area contributed by atoms with Gasteiger partial charge in [-0.25, -0.2) is 4.39 Å². The highest BCUT2D eigenvalue weighted by atomic mass is 35.5. The van der Waals surface area contributed by atoms with Crippen LogP contribution < -0.4 is 9.47 Å². The van der Waals surface area contributed by atoms with E-state index in [1.165, 1.54) is 12.1 Å². The lowest BCUT2D eigenvalue weighted by Crippen LogP contribution is -2.48. The van der Waals surface area contributed by atoms with Crippen molar-refractivity contribution in [3.63, 3.8) is 0 Å². The van der Waals surface area contributed by atoms with Crippen molar-refractivity contribution >= 4 is 17.5 Å². The van der Waals surface area contributed by atoms with Crippen LogP contribution in [0.15, 0.2) is 47.0 Å². The molecule has 2 heterocycles. The first kappa shape index (κ1) is 23.1. The summed E-state index contributed by atoms with van der Waals surface area (Å²) in [5.41, 5.74) is 1.74. The fourth-order valence-corrected chi connectivity index (χ4v) is 3.99. The Balaban J connectivity index is 1.38. The number of benzene rings is 2. The third-order valence-corrected chi connectivity index (χ3v) is 6.05. The highest BCUT2D eigenvalue weighted by molar-refractivity contribution is 6.31. The van der Waals surface area contributed by atoms with E-state index in [9.17, 15) is 9.18 Å². The smallest absolute Gasteiger partial charge is 0.276 e. The Hall–Kier alpha value is -3.10. The maximum Gasteiger partial charge on any atom is 0.276 e. The summed E-state index contributed by atoms with van der Waals surface area (Å²) in [7, 11) is 1.57. The Morgan fingerprint density at radius 1 is 1.15 bits per heavy atom. The molecule has 0 N–H and O–H groups in total. The molecule has 0 aliphatic carbocycles. The lowest BCUT2D eigenvalue weighted by atomic mass is 10.1. The van der Waals surface area contributed by atoms with Crippen molar-refractivity contribution in [2.24, 2.45) is 0 Å². The maximum absolute atomic E-state index is 13.3. The quantitative estimate of drug-likeness (QED) is 0.509. The number of piperazine rings is 1. The Bertz CT molecular complexity index is 1130. The van der Waals surface area contributed by atoms with E-state index in [-0.39, 0.29) is 24.0 Å². The van der Waals surface area contributed by atoms with Crippen molar-refractivity contribution < 1.29 is 23.2 Å². The lowest BCUT2D eigenvalue weighted by Gasteiger charge is -2.34. The van der Waals surface area contributed by atoms with Crippen LogP contribution in [0.1, 0.15) is 27.4 Å². The fourth-order valence-electron chi connectivity index (χ4n) is 3.77. The molecule has 174 valence electrons. The highest BCUT2D eigenvalue weighted by Crippen LogP contribution is 2.28. The molecule has 1 saturated heterocycles. The van der Waals surface area contributed by atoms with Crippen LogP contribution in [-0.2, 0) is 13.2 Å². The van der Waals surface area contributed by atoms with Crippen LogP contribution in [0.5, 0.6) is 11.5 Å². The van der Waals surface area contributed by atoms with Gasteiger partial charge in [0.1, 0.15) is 18.2 Å². The number of aryl methyl sites for hydroxylation is 1. The predicted molar refractivity (Wildman–Crippen MR) is 121 cm³/mol. The minimum absolute atomic E-state index is 0.139. The molecule has 1 amide bonds. The van der Waals surface area contributed by atoms with Gasteiger partial charge in [-0.3, -0.25) is 9.69 Å². The number of rotatable bonds is 7. The van der Waals surface area contributed by atoms with E-state index >= 15 is 0 Å². The van der Waals surface area contributed by atoms with Gasteiger partial charge in [-0.15, -0.1) is 0 Å². The molecule has 0 spiro atoms. The average molecular weight is 474 g/mol. The number of carbonyl (C=O) groups excluding carboxylic acids is 1. The van der Waals surface area contributed by atoms with Crippen LogP contribution in [0.25, 0.3) is 0 Å². The fraction of sp³-hybridized carbons (Fsp3) is 0.333. The van der Waals surface area contributed by atoms with Gasteiger partial charge in [0, 0.05) is 37.7 Å². The van der Waals surface area contributed by atoms with E-state index in [1.807, 2.05) is 12.1 Å². The van der Waals surface area contributed by atoms with Gasteiger partial charge in [-0.2, -0.15) is 0 Å². The van der Waals surface area contributed by atoms with Crippen LogP contribution in [0.2, 0.25) is 5.02 Å². The molecule has 7 nitrogen and oxygen atoms in total. The van der Waals surface area contributed by atoms with Gasteiger partial charge in [0.05, 0.1) is 12.7 Å². The van der Waals surface area contributed by atoms with Crippen molar-refractivity contribution in [2.45, 2.75) is 20.1 Å². The van der Waals surface area contributed by atoms with Crippen LogP contribution >= 0.6 is 11.6 Å². The third-order valence-electron chi connectivity index (χ3n) is 5.70. The molecule has 0 radical (unpaired) electrons. The van der Waals surface area contributed by atoms with Crippen molar-refractivity contribution in [2.75, 3.05) is 33.3 Å². The van der Waals surface area contributed by atoms with Crippen molar-refractivity contribution in [3.8, 4) is 11.5 Å². The number of methoxy groups -OCH3 is 1. The normalized spacial score (nSPS) is 14.4. The summed E-state index contributed by atoms with van der Waals surface area (Å²) in [5.74, 6) is 1.18. The van der Waals surface area contributed by atoms with Gasteiger partial charge in [0.15, 0.2) is 17.2 Å². The minimum atomic E-state index is -0.354. The number of para-hydroxylation sites is 2. The molecular formula is C24H25ClFN3O4. The van der Waals surface area contributed by atoms with E-state index < -0.39 is 0 Å². The number of nitrogens with zero attached hydrogens (tertiary/aromatic N) is 3. The first-order chi connectivity index (χ1) is 16.0. The summed E-state index contributed by atoms with van der Waals surface area (Å²) in [5, 5.41) is 4.42. The summed E-state index contributed by atoms with van der Waals surface area (Å²) in [6.07, 6.45) is 0. The summed E-state index contributed by atoms with van der Waals surface area (Å²) in [4.78, 5) is 17.1. The number of carbonyl (C=O) groups is 1. The molecule has 0 unspecified atom stereocenters. The number of hydrogen-bond donors (Lipinski definition) is 0. The SMILES string of the molecule is COc1ccccc1OCc1c(C(=O)N2CCN(Cc3ccc(F)cc3Cl)CC2)noc1C. The average Bonchev–Trinajstić information content (AvgIpc) is 3.20. The second kappa shape index (κ2) is 10.2. The Morgan fingerprint density at radius 2 is 1.88 bits per heavy atom. The van der Waals surface area contributed by atoms with Gasteiger partial charge in [0.25, 0.3) is 5.91 Å². The number of ether oxygens (including phenoxy) is 2. The summed E-state index contributed by atoms with van der Waals surface area (Å²) in [6, 6.07) is 11.7. The number of aromatic nitrogens is 1. The number of amides is 1. The molecule has 0 bridgehead atoms. The maximum atomic E-state index is 13.3. The van der Waals surface area contributed by atoms with E-state index in [2.05, 4.69) is 10.1 Å². The molecule has 3 aromatic rings. The molecule has 33 heavy (non-hydrogen) atoms. The second-order valence-electron chi connectivity index (χ2n) is 7.81. The molecule has 2 aromatic carbocycles. The second-order valence-corrected chi connectivity index (χ2v) is 8.22. The van der Waals surface area contributed by atoms with E-state index in [4.69, 9.17) is 25.6 Å². The lowest BCUT2D eigenvalue weighted by molar-refractivity contribution is 0.0616. The van der Waals surface area contributed by atoms with Gasteiger partial charge in [0.2, 0.25) is 0 Å². The zero-order valence-electron chi connectivity index (χ0n) is 18.5. The first-order valence-electron chi connectivity index (χ1n) is 10.6. The molecule has 1 fully saturated rings. The molecular weight excluding hydrogens is 449 g/mol. The van der Waals surface area contributed by atoms with Crippen molar-refractivity contribution in [3.05, 3.63) is 75.9 Å². The van der Waals surface area contributed by atoms with Crippen LogP contribution in [0.3, 0.4) is 0 Å². The van der Waals surface area contributed by atoms with E-state index in [0.29, 0.717) is 60.6 Å². The highest BCUT2D eigenvalue weighted by Gasteiger charge is 2.28. The first-order valence-corrected chi connectivity index (χ1v) is 11.0. The molecule has 4 rings (SSSR count). The van der Waals surface area contributed by atoms with Gasteiger partial charge in [-0.05, 0) is 36.8 Å². The van der Waals surface area contributed by atoms with Crippen LogP contribution in [0, 0.1) is 12.7 Å². The molecule has 0 atom stereocenters. The molecule has 0 saturated carbocycles. The van der Waals surface area contributed by atoms with Gasteiger partial charge in [-0.1, -0.05) is 35.0 Å². The van der Waals surface area contributed by atoms with Gasteiger partial charge < -0.3 is 18.9 Å². The summed E-state index contributed by atoms with van der Waals surface area (Å²) in [6.45, 7) is 4.91. The minimum Gasteiger partial charge on any atom is -0.493 e. The summed E-state index contributed by atoms with van der Waals surface area (Å²) < 4.78 is 29.8. The molecule has 9 heteroatoms. The van der Waals surface area contributed by atoms with E-state index in [0.717, 1.165) is 5.56 Å². The standard InChI is InChI=1S/C24H25ClFN3O4/c1-16-19(15-32-22-6-4-3-5-21(22)31-2)23(27-33-16)24(30)29-11-9-28(10-12-29)14-17-7-8-18(26)13-20(17)25/h3-8,13H,9-12,14-15H2,1-2H3. The predicted octanol–water partition coefficient (Wildman–Crippen LogP) is 4.32. The zero-order valence-corrected chi connectivity index (χ0v) is 19.3. The van der Waals surface area contributed by atoms with Crippen molar-refractivity contribution in [1.82, 2.24) is 15.0 Å². The van der Waals surface area contributed by atoms with Crippen LogP contribution in [0.4, 0.5) is 4.39 Å². The number of hydrogen-bond acceptors (Lipinski definition) is 6. The topological polar surface area (TPSA) is 68.0 Å². The van der Waals surface area contributed by atoms with Crippen LogP contribution in [-0.4, -0.2) is 54.2 Å². The molecule has 1 aliphatic rings. The molecule has 1 aromatic heterocycles. The van der Waals surface area contributed by atoms with Crippen molar-refractivity contribution in [1.29, 1.82) is 0 Å². The Labute approximate surface area is 196 Å². The number of halogens is 2. The Kier molecular flexibility index (Phi) is 7.15. The summed E-state index contributed by atoms with van der Waals surface area (Å²) >= 11 is 6.15. The zero-order chi connectivity index (χ0) is 23.4. The van der Waals surface area contributed by atoms with Gasteiger partial charge >= 0.3 is 0 Å².